The van der Waals surface area contributed by atoms with E-state index >= 15 is 0 Å². The Morgan fingerprint density at radius 2 is 1.88 bits per heavy atom. The summed E-state index contributed by atoms with van der Waals surface area (Å²) in [4.78, 5) is 13.4. The van der Waals surface area contributed by atoms with E-state index in [0.717, 1.165) is 49.2 Å². The second-order valence-corrected chi connectivity index (χ2v) is 7.45. The molecule has 1 saturated carbocycles. The quantitative estimate of drug-likeness (QED) is 0.889. The van der Waals surface area contributed by atoms with E-state index in [1.807, 2.05) is 26.2 Å². The van der Waals surface area contributed by atoms with Crippen LogP contribution in [-0.4, -0.2) is 32.8 Å². The van der Waals surface area contributed by atoms with Gasteiger partial charge in [0.1, 0.15) is 12.4 Å². The second kappa shape index (κ2) is 7.16. The lowest BCUT2D eigenvalue weighted by molar-refractivity contribution is 0.122. The minimum absolute atomic E-state index is 0.164. The fourth-order valence-corrected chi connectivity index (χ4v) is 3.62. The fraction of sp³-hybridized carbons (Fsp3) is 0.476. The largest absolute Gasteiger partial charge is 0.473 e. The number of allylic oxidation sites excluding steroid dienone is 1. The van der Waals surface area contributed by atoms with Crippen LogP contribution in [-0.2, 0) is 0 Å². The molecule has 0 radical (unpaired) electrons. The van der Waals surface area contributed by atoms with Crippen molar-refractivity contribution in [3.05, 3.63) is 52.7 Å². The molecule has 2 aromatic rings. The summed E-state index contributed by atoms with van der Waals surface area (Å²) in [6.45, 7) is 4.49. The number of pyridine rings is 1. The van der Waals surface area contributed by atoms with Gasteiger partial charge in [-0.15, -0.1) is 0 Å². The topological polar surface area (TPSA) is 68.1 Å². The van der Waals surface area contributed by atoms with E-state index in [0.29, 0.717) is 18.4 Å². The lowest BCUT2D eigenvalue weighted by Crippen LogP contribution is -2.18. The van der Waals surface area contributed by atoms with Gasteiger partial charge in [-0.05, 0) is 74.6 Å². The van der Waals surface area contributed by atoms with Crippen LogP contribution in [0.2, 0.25) is 0 Å². The highest BCUT2D eigenvalue weighted by Crippen LogP contribution is 2.40. The van der Waals surface area contributed by atoms with E-state index in [4.69, 9.17) is 4.74 Å². The van der Waals surface area contributed by atoms with Crippen molar-refractivity contribution in [2.24, 2.45) is 0 Å². The Hall–Kier alpha value is -2.27. The van der Waals surface area contributed by atoms with Crippen LogP contribution in [0.15, 0.2) is 30.1 Å². The minimum Gasteiger partial charge on any atom is -0.473 e. The molecule has 5 nitrogen and oxygen atoms in total. The SMILES string of the molecule is Cc1ccc(C2=C(COc3nc(C)ncc3C3CCC(O)CC3)C2)nc1. The number of rotatable bonds is 5. The van der Waals surface area contributed by atoms with Gasteiger partial charge < -0.3 is 9.84 Å². The summed E-state index contributed by atoms with van der Waals surface area (Å²) < 4.78 is 6.10. The van der Waals surface area contributed by atoms with Crippen LogP contribution >= 0.6 is 0 Å². The molecule has 2 aromatic heterocycles. The van der Waals surface area contributed by atoms with Crippen LogP contribution in [0, 0.1) is 13.8 Å². The Labute approximate surface area is 154 Å². The van der Waals surface area contributed by atoms with Gasteiger partial charge in [0.2, 0.25) is 5.88 Å². The molecule has 2 heterocycles. The van der Waals surface area contributed by atoms with Crippen LogP contribution < -0.4 is 4.74 Å². The van der Waals surface area contributed by atoms with Gasteiger partial charge in [-0.2, -0.15) is 4.98 Å². The normalized spacial score (nSPS) is 22.4. The van der Waals surface area contributed by atoms with Crippen LogP contribution in [0.3, 0.4) is 0 Å². The van der Waals surface area contributed by atoms with E-state index in [9.17, 15) is 5.11 Å². The van der Waals surface area contributed by atoms with Gasteiger partial charge in [-0.3, -0.25) is 4.98 Å². The molecule has 2 aliphatic carbocycles. The van der Waals surface area contributed by atoms with E-state index in [1.165, 1.54) is 16.7 Å². The first-order valence-corrected chi connectivity index (χ1v) is 9.38. The lowest BCUT2D eigenvalue weighted by atomic mass is 9.83. The molecule has 1 N–H and O–H groups in total. The van der Waals surface area contributed by atoms with Crippen molar-refractivity contribution in [1.82, 2.24) is 15.0 Å². The van der Waals surface area contributed by atoms with E-state index in [-0.39, 0.29) is 6.10 Å². The van der Waals surface area contributed by atoms with Crippen molar-refractivity contribution >= 4 is 5.57 Å². The lowest BCUT2D eigenvalue weighted by Gasteiger charge is -2.26. The number of hydrogen-bond acceptors (Lipinski definition) is 5. The summed E-state index contributed by atoms with van der Waals surface area (Å²) in [7, 11) is 0. The summed E-state index contributed by atoms with van der Waals surface area (Å²) in [5.41, 5.74) is 5.89. The highest BCUT2D eigenvalue weighted by Gasteiger charge is 2.27. The fourth-order valence-electron chi connectivity index (χ4n) is 3.62. The zero-order valence-corrected chi connectivity index (χ0v) is 15.4. The van der Waals surface area contributed by atoms with E-state index in [2.05, 4.69) is 27.1 Å². The molecule has 2 aliphatic rings. The molecule has 26 heavy (non-hydrogen) atoms. The Balaban J connectivity index is 1.47. The molecule has 0 bridgehead atoms. The highest BCUT2D eigenvalue weighted by atomic mass is 16.5. The van der Waals surface area contributed by atoms with Crippen LogP contribution in [0.1, 0.15) is 60.7 Å². The first-order chi connectivity index (χ1) is 12.6. The molecule has 0 unspecified atom stereocenters. The van der Waals surface area contributed by atoms with Crippen LogP contribution in [0.4, 0.5) is 0 Å². The Morgan fingerprint density at radius 3 is 2.62 bits per heavy atom. The predicted molar refractivity (Wildman–Crippen MR) is 100.0 cm³/mol. The van der Waals surface area contributed by atoms with Gasteiger partial charge >= 0.3 is 0 Å². The van der Waals surface area contributed by atoms with Gasteiger partial charge in [-0.1, -0.05) is 6.07 Å². The number of hydrogen-bond donors (Lipinski definition) is 1. The third-order valence-electron chi connectivity index (χ3n) is 5.33. The van der Waals surface area contributed by atoms with Crippen molar-refractivity contribution in [3.8, 4) is 5.88 Å². The number of ether oxygens (including phenoxy) is 1. The Kier molecular flexibility index (Phi) is 4.72. The molecule has 0 atom stereocenters. The maximum absolute atomic E-state index is 9.75. The van der Waals surface area contributed by atoms with E-state index in [1.54, 1.807) is 0 Å². The number of aliphatic hydroxyl groups is 1. The molecule has 136 valence electrons. The van der Waals surface area contributed by atoms with Gasteiger partial charge in [0, 0.05) is 18.0 Å². The number of nitrogens with zero attached hydrogens (tertiary/aromatic N) is 3. The monoisotopic (exact) mass is 351 g/mol. The summed E-state index contributed by atoms with van der Waals surface area (Å²) >= 11 is 0. The molecule has 5 heteroatoms. The van der Waals surface area contributed by atoms with Gasteiger partial charge in [0.05, 0.1) is 11.8 Å². The molecule has 4 rings (SSSR count). The Bertz CT molecular complexity index is 822. The van der Waals surface area contributed by atoms with Crippen molar-refractivity contribution in [1.29, 1.82) is 0 Å². The van der Waals surface area contributed by atoms with Crippen molar-refractivity contribution in [2.75, 3.05) is 6.61 Å². The highest BCUT2D eigenvalue weighted by molar-refractivity contribution is 5.81. The minimum atomic E-state index is -0.164. The second-order valence-electron chi connectivity index (χ2n) is 7.45. The van der Waals surface area contributed by atoms with Crippen molar-refractivity contribution in [3.63, 3.8) is 0 Å². The molecule has 1 fully saturated rings. The first kappa shape index (κ1) is 17.2. The molecule has 0 aliphatic heterocycles. The molecular formula is C21H25N3O2. The third kappa shape index (κ3) is 3.78. The van der Waals surface area contributed by atoms with Gasteiger partial charge in [0.25, 0.3) is 0 Å². The maximum Gasteiger partial charge on any atom is 0.220 e. The summed E-state index contributed by atoms with van der Waals surface area (Å²) in [6.07, 6.45) is 8.22. The Morgan fingerprint density at radius 1 is 1.08 bits per heavy atom. The zero-order valence-electron chi connectivity index (χ0n) is 15.4. The van der Waals surface area contributed by atoms with Gasteiger partial charge in [-0.25, -0.2) is 4.98 Å². The first-order valence-electron chi connectivity index (χ1n) is 9.38. The molecular weight excluding hydrogens is 326 g/mol. The third-order valence-corrected chi connectivity index (χ3v) is 5.33. The van der Waals surface area contributed by atoms with Crippen molar-refractivity contribution in [2.45, 2.75) is 58.0 Å². The average Bonchev–Trinajstić information content (AvgIpc) is 3.41. The molecule has 0 aromatic carbocycles. The predicted octanol–water partition coefficient (Wildman–Crippen LogP) is 3.74. The van der Waals surface area contributed by atoms with Crippen LogP contribution in [0.5, 0.6) is 5.88 Å². The standard InChI is InChI=1S/C21H25N3O2/c1-13-3-8-20(23-10-13)18-9-16(18)12-26-21-19(11-22-14(2)24-21)15-4-6-17(25)7-5-15/h3,8,10-11,15,17,25H,4-7,9,12H2,1-2H3. The molecule has 0 saturated heterocycles. The average molecular weight is 351 g/mol. The number of aryl methyl sites for hydroxylation is 2. The molecule has 0 spiro atoms. The number of aliphatic hydroxyl groups excluding tert-OH is 1. The maximum atomic E-state index is 9.75. The summed E-state index contributed by atoms with van der Waals surface area (Å²) in [6, 6.07) is 4.17. The van der Waals surface area contributed by atoms with Gasteiger partial charge in [0.15, 0.2) is 0 Å². The molecule has 0 amide bonds. The summed E-state index contributed by atoms with van der Waals surface area (Å²) in [5, 5.41) is 9.75. The number of aromatic nitrogens is 3. The zero-order chi connectivity index (χ0) is 18.1. The van der Waals surface area contributed by atoms with Crippen molar-refractivity contribution < 1.29 is 9.84 Å². The summed E-state index contributed by atoms with van der Waals surface area (Å²) in [5.74, 6) is 1.81. The smallest absolute Gasteiger partial charge is 0.220 e. The van der Waals surface area contributed by atoms with Crippen LogP contribution in [0.25, 0.3) is 5.57 Å². The van der Waals surface area contributed by atoms with E-state index < -0.39 is 0 Å².